The number of fused-ring (bicyclic) bond motifs is 1. The molecular weight excluding hydrogens is 242 g/mol. The Hall–Kier alpha value is -1.87. The van der Waals surface area contributed by atoms with Gasteiger partial charge in [0.25, 0.3) is 0 Å². The first-order valence-corrected chi connectivity index (χ1v) is 6.76. The summed E-state index contributed by atoms with van der Waals surface area (Å²) in [4.78, 5) is 0. The lowest BCUT2D eigenvalue weighted by Crippen LogP contribution is -1.82. The van der Waals surface area contributed by atoms with Crippen LogP contribution in [0.15, 0.2) is 64.1 Å². The van der Waals surface area contributed by atoms with Crippen LogP contribution in [0.1, 0.15) is 5.56 Å². The average molecular weight is 255 g/mol. The van der Waals surface area contributed by atoms with Crippen LogP contribution in [0.25, 0.3) is 11.0 Å². The highest BCUT2D eigenvalue weighted by molar-refractivity contribution is 7.98. The SMILES string of the molecule is Nc1cccc2cc(SCc3ccccc3)oc12. The highest BCUT2D eigenvalue weighted by atomic mass is 32.2. The number of para-hydroxylation sites is 1. The number of nitrogens with two attached hydrogens (primary N) is 1. The van der Waals surface area contributed by atoms with Gasteiger partial charge in [0.15, 0.2) is 10.7 Å². The lowest BCUT2D eigenvalue weighted by molar-refractivity contribution is 0.516. The zero-order chi connectivity index (χ0) is 12.4. The zero-order valence-electron chi connectivity index (χ0n) is 9.80. The molecule has 18 heavy (non-hydrogen) atoms. The van der Waals surface area contributed by atoms with Crippen LogP contribution in [0.4, 0.5) is 5.69 Å². The molecule has 0 fully saturated rings. The second-order valence-electron chi connectivity index (χ2n) is 4.11. The van der Waals surface area contributed by atoms with Gasteiger partial charge in [0.1, 0.15) is 0 Å². The Morgan fingerprint density at radius 3 is 2.61 bits per heavy atom. The van der Waals surface area contributed by atoms with E-state index in [0.29, 0.717) is 5.69 Å². The van der Waals surface area contributed by atoms with Crippen molar-refractivity contribution in [2.45, 2.75) is 10.8 Å². The number of hydrogen-bond acceptors (Lipinski definition) is 3. The van der Waals surface area contributed by atoms with E-state index in [1.807, 2.05) is 42.5 Å². The minimum Gasteiger partial charge on any atom is -0.448 e. The summed E-state index contributed by atoms with van der Waals surface area (Å²) in [6.45, 7) is 0. The van der Waals surface area contributed by atoms with Crippen molar-refractivity contribution >= 4 is 28.4 Å². The van der Waals surface area contributed by atoms with Gasteiger partial charge in [-0.15, -0.1) is 0 Å². The molecule has 0 aliphatic rings. The Labute approximate surface area is 110 Å². The molecule has 1 aromatic heterocycles. The standard InChI is InChI=1S/C15H13NOS/c16-13-8-4-7-12-9-14(17-15(12)13)18-10-11-5-2-1-3-6-11/h1-9H,10,16H2. The number of hydrogen-bond donors (Lipinski definition) is 1. The number of benzene rings is 2. The van der Waals surface area contributed by atoms with Gasteiger partial charge in [0.2, 0.25) is 0 Å². The number of nitrogen functional groups attached to an aromatic ring is 1. The molecule has 0 unspecified atom stereocenters. The van der Waals surface area contributed by atoms with Gasteiger partial charge in [0.05, 0.1) is 5.69 Å². The Morgan fingerprint density at radius 1 is 1.00 bits per heavy atom. The van der Waals surface area contributed by atoms with E-state index < -0.39 is 0 Å². The largest absolute Gasteiger partial charge is 0.448 e. The van der Waals surface area contributed by atoms with Crippen LogP contribution in [0, 0.1) is 0 Å². The van der Waals surface area contributed by atoms with Crippen molar-refractivity contribution < 1.29 is 4.42 Å². The fourth-order valence-corrected chi connectivity index (χ4v) is 2.72. The van der Waals surface area contributed by atoms with Crippen LogP contribution in [0.5, 0.6) is 0 Å². The number of thioether (sulfide) groups is 1. The van der Waals surface area contributed by atoms with Gasteiger partial charge in [-0.3, -0.25) is 0 Å². The van der Waals surface area contributed by atoms with E-state index in [0.717, 1.165) is 21.8 Å². The van der Waals surface area contributed by atoms with Gasteiger partial charge in [-0.1, -0.05) is 54.2 Å². The molecule has 90 valence electrons. The fourth-order valence-electron chi connectivity index (χ4n) is 1.86. The van der Waals surface area contributed by atoms with Crippen molar-refractivity contribution in [3.05, 3.63) is 60.2 Å². The van der Waals surface area contributed by atoms with E-state index in [4.69, 9.17) is 10.2 Å². The maximum Gasteiger partial charge on any atom is 0.162 e. The molecule has 3 heteroatoms. The molecule has 1 heterocycles. The Bertz CT molecular complexity index is 661. The number of rotatable bonds is 3. The molecule has 0 spiro atoms. The van der Waals surface area contributed by atoms with Crippen LogP contribution < -0.4 is 5.73 Å². The monoisotopic (exact) mass is 255 g/mol. The summed E-state index contributed by atoms with van der Waals surface area (Å²) in [7, 11) is 0. The predicted molar refractivity (Wildman–Crippen MR) is 76.6 cm³/mol. The van der Waals surface area contributed by atoms with Crippen molar-refractivity contribution in [3.63, 3.8) is 0 Å². The summed E-state index contributed by atoms with van der Waals surface area (Å²) in [5.41, 5.74) is 8.64. The van der Waals surface area contributed by atoms with E-state index in [2.05, 4.69) is 12.1 Å². The van der Waals surface area contributed by atoms with Crippen LogP contribution in [0.2, 0.25) is 0 Å². The second kappa shape index (κ2) is 4.78. The molecule has 0 bridgehead atoms. The molecule has 2 aromatic carbocycles. The van der Waals surface area contributed by atoms with Gasteiger partial charge in [0, 0.05) is 11.1 Å². The summed E-state index contributed by atoms with van der Waals surface area (Å²) in [5, 5.41) is 1.97. The van der Waals surface area contributed by atoms with Gasteiger partial charge >= 0.3 is 0 Å². The van der Waals surface area contributed by atoms with E-state index in [1.54, 1.807) is 11.8 Å². The summed E-state index contributed by atoms with van der Waals surface area (Å²) in [5.74, 6) is 0.903. The summed E-state index contributed by atoms with van der Waals surface area (Å²) >= 11 is 1.69. The quantitative estimate of drug-likeness (QED) is 0.560. The topological polar surface area (TPSA) is 39.2 Å². The molecule has 0 atom stereocenters. The molecule has 3 rings (SSSR count). The molecule has 0 saturated carbocycles. The van der Waals surface area contributed by atoms with E-state index in [9.17, 15) is 0 Å². The predicted octanol–water partition coefficient (Wildman–Crippen LogP) is 4.31. The molecular formula is C15H13NOS. The minimum atomic E-state index is 0.694. The molecule has 0 amide bonds. The van der Waals surface area contributed by atoms with Crippen molar-refractivity contribution in [2.75, 3.05) is 5.73 Å². The van der Waals surface area contributed by atoms with E-state index in [1.165, 1.54) is 5.56 Å². The third kappa shape index (κ3) is 2.22. The molecule has 0 aliphatic heterocycles. The van der Waals surface area contributed by atoms with Crippen molar-refractivity contribution in [3.8, 4) is 0 Å². The lowest BCUT2D eigenvalue weighted by Gasteiger charge is -1.97. The third-order valence-electron chi connectivity index (χ3n) is 2.78. The normalized spacial score (nSPS) is 10.9. The van der Waals surface area contributed by atoms with Crippen molar-refractivity contribution in [1.29, 1.82) is 0 Å². The maximum atomic E-state index is 5.87. The number of anilines is 1. The summed E-state index contributed by atoms with van der Waals surface area (Å²) < 4.78 is 5.76. The van der Waals surface area contributed by atoms with Crippen LogP contribution in [-0.2, 0) is 5.75 Å². The Kier molecular flexibility index (Phi) is 2.99. The minimum absolute atomic E-state index is 0.694. The highest BCUT2D eigenvalue weighted by Crippen LogP contribution is 2.31. The third-order valence-corrected chi connectivity index (χ3v) is 3.74. The van der Waals surface area contributed by atoms with Crippen molar-refractivity contribution in [2.24, 2.45) is 0 Å². The highest BCUT2D eigenvalue weighted by Gasteiger charge is 2.06. The van der Waals surface area contributed by atoms with Crippen LogP contribution in [0.3, 0.4) is 0 Å². The second-order valence-corrected chi connectivity index (χ2v) is 5.09. The first-order chi connectivity index (χ1) is 8.83. The maximum absolute atomic E-state index is 5.87. The van der Waals surface area contributed by atoms with Gasteiger partial charge in [-0.25, -0.2) is 0 Å². The van der Waals surface area contributed by atoms with Crippen LogP contribution in [-0.4, -0.2) is 0 Å². The lowest BCUT2D eigenvalue weighted by atomic mass is 10.2. The molecule has 0 radical (unpaired) electrons. The smallest absolute Gasteiger partial charge is 0.162 e. The van der Waals surface area contributed by atoms with Gasteiger partial charge in [-0.2, -0.15) is 0 Å². The molecule has 0 saturated heterocycles. The summed E-state index contributed by atoms with van der Waals surface area (Å²) in [6, 6.07) is 18.2. The van der Waals surface area contributed by atoms with E-state index in [-0.39, 0.29) is 0 Å². The van der Waals surface area contributed by atoms with Gasteiger partial charge in [-0.05, 0) is 17.7 Å². The van der Waals surface area contributed by atoms with E-state index >= 15 is 0 Å². The van der Waals surface area contributed by atoms with Crippen LogP contribution >= 0.6 is 11.8 Å². The zero-order valence-corrected chi connectivity index (χ0v) is 10.6. The Morgan fingerprint density at radius 2 is 1.83 bits per heavy atom. The fraction of sp³-hybridized carbons (Fsp3) is 0.0667. The molecule has 3 aromatic rings. The average Bonchev–Trinajstić information content (AvgIpc) is 2.82. The van der Waals surface area contributed by atoms with Crippen molar-refractivity contribution in [1.82, 2.24) is 0 Å². The molecule has 0 aliphatic carbocycles. The molecule has 2 N–H and O–H groups in total. The first kappa shape index (κ1) is 11.2. The first-order valence-electron chi connectivity index (χ1n) is 5.78. The van der Waals surface area contributed by atoms with Gasteiger partial charge < -0.3 is 10.2 Å². The number of furan rings is 1. The summed E-state index contributed by atoms with van der Waals surface area (Å²) in [6.07, 6.45) is 0. The molecule has 2 nitrogen and oxygen atoms in total. The Balaban J connectivity index is 1.81.